The lowest BCUT2D eigenvalue weighted by molar-refractivity contribution is 0.0954. The van der Waals surface area contributed by atoms with Crippen LogP contribution < -0.4 is 10.2 Å². The monoisotopic (exact) mass is 413 g/mol. The fraction of sp³-hybridized carbons (Fsp3) is 0.296. The van der Waals surface area contributed by atoms with Crippen LogP contribution >= 0.6 is 0 Å². The first-order valence-corrected chi connectivity index (χ1v) is 11.2. The van der Waals surface area contributed by atoms with Gasteiger partial charge in [-0.2, -0.15) is 0 Å². The van der Waals surface area contributed by atoms with E-state index in [1.54, 1.807) is 0 Å². The summed E-state index contributed by atoms with van der Waals surface area (Å²) in [5, 5.41) is 3.00. The second-order valence-corrected chi connectivity index (χ2v) is 8.10. The van der Waals surface area contributed by atoms with Crippen LogP contribution in [0, 0.1) is 0 Å². The predicted molar refractivity (Wildman–Crippen MR) is 128 cm³/mol. The average Bonchev–Trinajstić information content (AvgIpc) is 2.85. The number of para-hydroxylation sites is 1. The summed E-state index contributed by atoms with van der Waals surface area (Å²) in [6, 6.07) is 28.9. The van der Waals surface area contributed by atoms with Crippen LogP contribution in [0.3, 0.4) is 0 Å². The van der Waals surface area contributed by atoms with E-state index in [4.69, 9.17) is 0 Å². The molecule has 0 spiro atoms. The van der Waals surface area contributed by atoms with E-state index >= 15 is 0 Å². The van der Waals surface area contributed by atoms with Crippen molar-refractivity contribution in [3.8, 4) is 0 Å². The second kappa shape index (κ2) is 10.8. The van der Waals surface area contributed by atoms with Gasteiger partial charge in [0, 0.05) is 50.5 Å². The van der Waals surface area contributed by atoms with Gasteiger partial charge in [-0.1, -0.05) is 60.7 Å². The molecule has 1 N–H and O–H groups in total. The summed E-state index contributed by atoms with van der Waals surface area (Å²) in [7, 11) is 0. The highest BCUT2D eigenvalue weighted by atomic mass is 16.1. The third-order valence-corrected chi connectivity index (χ3v) is 5.97. The number of hydrogen-bond donors (Lipinski definition) is 1. The Balaban J connectivity index is 1.16. The van der Waals surface area contributed by atoms with Crippen LogP contribution in [0.15, 0.2) is 84.9 Å². The smallest absolute Gasteiger partial charge is 0.251 e. The molecule has 31 heavy (non-hydrogen) atoms. The normalized spacial score (nSPS) is 14.4. The Morgan fingerprint density at radius 2 is 1.29 bits per heavy atom. The minimum atomic E-state index is -0.00965. The molecule has 4 rings (SSSR count). The molecule has 0 unspecified atom stereocenters. The quantitative estimate of drug-likeness (QED) is 0.606. The molecule has 0 saturated carbocycles. The van der Waals surface area contributed by atoms with E-state index in [9.17, 15) is 4.79 Å². The lowest BCUT2D eigenvalue weighted by Gasteiger charge is -2.36. The van der Waals surface area contributed by atoms with Gasteiger partial charge in [0.25, 0.3) is 5.91 Å². The summed E-state index contributed by atoms with van der Waals surface area (Å²) in [6.07, 6.45) is 1.93. The Bertz CT molecular complexity index is 933. The Kier molecular flexibility index (Phi) is 7.35. The largest absolute Gasteiger partial charge is 0.369 e. The van der Waals surface area contributed by atoms with E-state index in [1.807, 2.05) is 30.3 Å². The van der Waals surface area contributed by atoms with Gasteiger partial charge in [0.1, 0.15) is 0 Å². The van der Waals surface area contributed by atoms with E-state index < -0.39 is 0 Å². The molecule has 3 aromatic rings. The maximum atomic E-state index is 12.1. The highest BCUT2D eigenvalue weighted by Gasteiger charge is 2.16. The van der Waals surface area contributed by atoms with Crippen molar-refractivity contribution in [2.75, 3.05) is 44.2 Å². The van der Waals surface area contributed by atoms with E-state index in [1.165, 1.54) is 16.8 Å². The van der Waals surface area contributed by atoms with Crippen molar-refractivity contribution in [2.45, 2.75) is 12.8 Å². The molecular formula is C27H31N3O. The van der Waals surface area contributed by atoms with Gasteiger partial charge in [-0.25, -0.2) is 0 Å². The number of rotatable bonds is 8. The molecule has 1 saturated heterocycles. The topological polar surface area (TPSA) is 35.6 Å². The van der Waals surface area contributed by atoms with Crippen molar-refractivity contribution in [3.63, 3.8) is 0 Å². The van der Waals surface area contributed by atoms with E-state index in [0.29, 0.717) is 12.1 Å². The number of carbonyl (C=O) groups is 1. The molecule has 160 valence electrons. The number of piperazine rings is 1. The number of carbonyl (C=O) groups excluding carboxylic acids is 1. The second-order valence-electron chi connectivity index (χ2n) is 8.10. The fourth-order valence-electron chi connectivity index (χ4n) is 4.04. The van der Waals surface area contributed by atoms with Crippen molar-refractivity contribution in [2.24, 2.45) is 0 Å². The molecular weight excluding hydrogens is 382 g/mol. The van der Waals surface area contributed by atoms with Crippen LogP contribution in [-0.4, -0.2) is 50.1 Å². The average molecular weight is 414 g/mol. The van der Waals surface area contributed by atoms with Gasteiger partial charge in [0.2, 0.25) is 0 Å². The van der Waals surface area contributed by atoms with Gasteiger partial charge >= 0.3 is 0 Å². The third-order valence-electron chi connectivity index (χ3n) is 5.97. The number of hydrogen-bond acceptors (Lipinski definition) is 3. The summed E-state index contributed by atoms with van der Waals surface area (Å²) >= 11 is 0. The molecule has 1 aliphatic heterocycles. The van der Waals surface area contributed by atoms with Crippen LogP contribution in [0.5, 0.6) is 0 Å². The van der Waals surface area contributed by atoms with E-state index in [2.05, 4.69) is 69.7 Å². The predicted octanol–water partition coefficient (Wildman–Crippen LogP) is 4.02. The van der Waals surface area contributed by atoms with E-state index in [0.717, 1.165) is 45.6 Å². The minimum Gasteiger partial charge on any atom is -0.369 e. The molecule has 0 aliphatic carbocycles. The molecule has 4 nitrogen and oxygen atoms in total. The van der Waals surface area contributed by atoms with Crippen molar-refractivity contribution in [3.05, 3.63) is 102 Å². The molecule has 0 aromatic heterocycles. The SMILES string of the molecule is O=C(NCCc1ccc(CCN2CCN(c3ccccc3)CC2)cc1)c1ccccc1. The van der Waals surface area contributed by atoms with Gasteiger partial charge in [-0.05, 0) is 48.2 Å². The first kappa shape index (κ1) is 21.1. The molecule has 3 aromatic carbocycles. The van der Waals surface area contributed by atoms with Crippen LogP contribution in [0.25, 0.3) is 0 Å². The Hall–Kier alpha value is -3.11. The lowest BCUT2D eigenvalue weighted by atomic mass is 10.1. The van der Waals surface area contributed by atoms with Crippen LogP contribution in [0.2, 0.25) is 0 Å². The number of anilines is 1. The van der Waals surface area contributed by atoms with Crippen LogP contribution in [-0.2, 0) is 12.8 Å². The molecule has 0 atom stereocenters. The minimum absolute atomic E-state index is 0.00965. The Morgan fingerprint density at radius 3 is 1.94 bits per heavy atom. The summed E-state index contributed by atoms with van der Waals surface area (Å²) in [5.41, 5.74) is 4.68. The molecule has 1 amide bonds. The first-order valence-electron chi connectivity index (χ1n) is 11.2. The van der Waals surface area contributed by atoms with Gasteiger partial charge < -0.3 is 10.2 Å². The summed E-state index contributed by atoms with van der Waals surface area (Å²) < 4.78 is 0. The number of nitrogens with zero attached hydrogens (tertiary/aromatic N) is 2. The van der Waals surface area contributed by atoms with Gasteiger partial charge in [0.15, 0.2) is 0 Å². The molecule has 0 radical (unpaired) electrons. The highest BCUT2D eigenvalue weighted by Crippen LogP contribution is 2.16. The maximum absolute atomic E-state index is 12.1. The van der Waals surface area contributed by atoms with Gasteiger partial charge in [-0.15, -0.1) is 0 Å². The zero-order valence-corrected chi connectivity index (χ0v) is 18.0. The van der Waals surface area contributed by atoms with Crippen molar-refractivity contribution >= 4 is 11.6 Å². The number of nitrogens with one attached hydrogen (secondary N) is 1. The molecule has 1 heterocycles. The van der Waals surface area contributed by atoms with Crippen molar-refractivity contribution in [1.82, 2.24) is 10.2 Å². The summed E-state index contributed by atoms with van der Waals surface area (Å²) in [5.74, 6) is -0.00965. The van der Waals surface area contributed by atoms with Crippen LogP contribution in [0.4, 0.5) is 5.69 Å². The van der Waals surface area contributed by atoms with Crippen LogP contribution in [0.1, 0.15) is 21.5 Å². The molecule has 1 aliphatic rings. The van der Waals surface area contributed by atoms with Crippen molar-refractivity contribution < 1.29 is 4.79 Å². The zero-order chi connectivity index (χ0) is 21.3. The highest BCUT2D eigenvalue weighted by molar-refractivity contribution is 5.94. The molecule has 1 fully saturated rings. The van der Waals surface area contributed by atoms with Gasteiger partial charge in [0.05, 0.1) is 0 Å². The lowest BCUT2D eigenvalue weighted by Crippen LogP contribution is -2.46. The maximum Gasteiger partial charge on any atom is 0.251 e. The first-order chi connectivity index (χ1) is 15.3. The summed E-state index contributed by atoms with van der Waals surface area (Å²) in [6.45, 7) is 6.19. The number of benzene rings is 3. The number of amides is 1. The van der Waals surface area contributed by atoms with Gasteiger partial charge in [-0.3, -0.25) is 9.69 Å². The van der Waals surface area contributed by atoms with Crippen molar-refractivity contribution in [1.29, 1.82) is 0 Å². The Morgan fingerprint density at radius 1 is 0.710 bits per heavy atom. The Labute approximate surface area is 185 Å². The fourth-order valence-corrected chi connectivity index (χ4v) is 4.04. The third kappa shape index (κ3) is 6.19. The van der Waals surface area contributed by atoms with E-state index in [-0.39, 0.29) is 5.91 Å². The molecule has 0 bridgehead atoms. The summed E-state index contributed by atoms with van der Waals surface area (Å²) in [4.78, 5) is 17.1. The standard InChI is InChI=1S/C27H31N3O/c31-27(25-7-3-1-4-8-25)28-17-15-23-11-13-24(14-12-23)16-18-29-19-21-30(22-20-29)26-9-5-2-6-10-26/h1-14H,15-22H2,(H,28,31). The zero-order valence-electron chi connectivity index (χ0n) is 18.0. The molecule has 4 heteroatoms.